The summed E-state index contributed by atoms with van der Waals surface area (Å²) < 4.78 is 11.6. The van der Waals surface area contributed by atoms with Crippen LogP contribution in [0.2, 0.25) is 0 Å². The largest absolute Gasteiger partial charge is 0.440 e. The number of anilines is 1. The first-order chi connectivity index (χ1) is 12.8. The van der Waals surface area contributed by atoms with Gasteiger partial charge in [0.05, 0.1) is 0 Å². The highest BCUT2D eigenvalue weighted by Gasteiger charge is 2.29. The topological polar surface area (TPSA) is 77.0 Å². The van der Waals surface area contributed by atoms with Crippen LogP contribution in [0.5, 0.6) is 0 Å². The average molecular weight is 346 g/mol. The van der Waals surface area contributed by atoms with E-state index >= 15 is 0 Å². The van der Waals surface area contributed by atoms with Gasteiger partial charge in [-0.05, 0) is 50.1 Å². The number of aromatic nitrogens is 3. The van der Waals surface area contributed by atoms with Crippen molar-refractivity contribution in [3.8, 4) is 11.5 Å². The van der Waals surface area contributed by atoms with Crippen LogP contribution < -0.4 is 5.32 Å². The molecule has 0 amide bonds. The number of hydrogen-bond acceptors (Lipinski definition) is 6. The fraction of sp³-hybridized carbons (Fsp3) is 0.250. The second kappa shape index (κ2) is 5.98. The maximum absolute atomic E-state index is 5.82. The van der Waals surface area contributed by atoms with Gasteiger partial charge < -0.3 is 14.2 Å². The van der Waals surface area contributed by atoms with Crippen LogP contribution in [0.15, 0.2) is 57.4 Å². The normalized spacial score (nSPS) is 15.3. The van der Waals surface area contributed by atoms with Crippen molar-refractivity contribution in [1.82, 2.24) is 15.2 Å². The lowest BCUT2D eigenvalue weighted by Crippen LogP contribution is -2.06. The monoisotopic (exact) mass is 346 g/mol. The Morgan fingerprint density at radius 2 is 1.88 bits per heavy atom. The standard InChI is InChI=1S/C20H18N4O2/c1-12(18-23-24-20(26-18)13-5-3-2-4-6-13)21-15-9-10-17-16(11-15)22-19(25-17)14-7-8-14/h2-6,9-12,14,21H,7-8H2,1H3. The molecule has 1 aliphatic rings. The van der Waals surface area contributed by atoms with E-state index in [9.17, 15) is 0 Å². The molecule has 5 rings (SSSR count). The fourth-order valence-corrected chi connectivity index (χ4v) is 2.96. The Balaban J connectivity index is 1.35. The second-order valence-electron chi connectivity index (χ2n) is 6.69. The number of rotatable bonds is 5. The Kier molecular flexibility index (Phi) is 3.48. The van der Waals surface area contributed by atoms with E-state index in [0.29, 0.717) is 17.7 Å². The first kappa shape index (κ1) is 15.1. The Hall–Kier alpha value is -3.15. The number of oxazole rings is 1. The highest BCUT2D eigenvalue weighted by Crippen LogP contribution is 2.40. The van der Waals surface area contributed by atoms with Crippen LogP contribution in [-0.4, -0.2) is 15.2 Å². The smallest absolute Gasteiger partial charge is 0.247 e. The molecule has 1 atom stereocenters. The molecule has 4 aromatic rings. The molecule has 0 saturated heterocycles. The zero-order valence-electron chi connectivity index (χ0n) is 14.3. The first-order valence-electron chi connectivity index (χ1n) is 8.82. The highest BCUT2D eigenvalue weighted by atomic mass is 16.4. The quantitative estimate of drug-likeness (QED) is 0.552. The van der Waals surface area contributed by atoms with Crippen molar-refractivity contribution in [3.63, 3.8) is 0 Å². The van der Waals surface area contributed by atoms with Crippen molar-refractivity contribution in [3.05, 3.63) is 60.3 Å². The van der Waals surface area contributed by atoms with Crippen LogP contribution >= 0.6 is 0 Å². The molecule has 1 unspecified atom stereocenters. The van der Waals surface area contributed by atoms with Crippen LogP contribution in [0.1, 0.15) is 43.5 Å². The molecule has 2 aromatic carbocycles. The molecule has 6 heteroatoms. The van der Waals surface area contributed by atoms with Gasteiger partial charge in [0, 0.05) is 17.2 Å². The van der Waals surface area contributed by atoms with Gasteiger partial charge in [0.1, 0.15) is 11.6 Å². The van der Waals surface area contributed by atoms with Gasteiger partial charge in [-0.15, -0.1) is 10.2 Å². The number of nitrogens with zero attached hydrogens (tertiary/aromatic N) is 3. The molecule has 1 aliphatic carbocycles. The van der Waals surface area contributed by atoms with Gasteiger partial charge >= 0.3 is 0 Å². The summed E-state index contributed by atoms with van der Waals surface area (Å²) in [6.07, 6.45) is 2.35. The minimum Gasteiger partial charge on any atom is -0.440 e. The van der Waals surface area contributed by atoms with Gasteiger partial charge in [-0.1, -0.05) is 18.2 Å². The molecule has 2 heterocycles. The molecule has 130 valence electrons. The van der Waals surface area contributed by atoms with E-state index in [0.717, 1.165) is 28.2 Å². The zero-order chi connectivity index (χ0) is 17.5. The van der Waals surface area contributed by atoms with Gasteiger partial charge in [-0.3, -0.25) is 0 Å². The third kappa shape index (κ3) is 2.83. The molecule has 1 fully saturated rings. The maximum Gasteiger partial charge on any atom is 0.247 e. The van der Waals surface area contributed by atoms with E-state index in [1.807, 2.05) is 55.5 Å². The maximum atomic E-state index is 5.82. The van der Waals surface area contributed by atoms with Gasteiger partial charge in [0.15, 0.2) is 11.5 Å². The fourth-order valence-electron chi connectivity index (χ4n) is 2.96. The summed E-state index contributed by atoms with van der Waals surface area (Å²) in [5.74, 6) is 2.43. The summed E-state index contributed by atoms with van der Waals surface area (Å²) >= 11 is 0. The van der Waals surface area contributed by atoms with Crippen LogP contribution in [-0.2, 0) is 0 Å². The molecule has 1 saturated carbocycles. The van der Waals surface area contributed by atoms with E-state index in [-0.39, 0.29) is 6.04 Å². The summed E-state index contributed by atoms with van der Waals surface area (Å²) in [5.41, 5.74) is 3.56. The Morgan fingerprint density at radius 3 is 2.69 bits per heavy atom. The minimum absolute atomic E-state index is 0.118. The lowest BCUT2D eigenvalue weighted by Gasteiger charge is -2.10. The van der Waals surface area contributed by atoms with Crippen LogP contribution in [0.25, 0.3) is 22.6 Å². The first-order valence-corrected chi connectivity index (χ1v) is 8.82. The van der Waals surface area contributed by atoms with Gasteiger partial charge in [0.25, 0.3) is 0 Å². The zero-order valence-corrected chi connectivity index (χ0v) is 14.3. The van der Waals surface area contributed by atoms with E-state index in [1.165, 1.54) is 12.8 Å². The van der Waals surface area contributed by atoms with Crippen molar-refractivity contribution >= 4 is 16.8 Å². The minimum atomic E-state index is -0.118. The summed E-state index contributed by atoms with van der Waals surface area (Å²) in [4.78, 5) is 4.60. The molecular weight excluding hydrogens is 328 g/mol. The molecule has 26 heavy (non-hydrogen) atoms. The lowest BCUT2D eigenvalue weighted by molar-refractivity contribution is 0.485. The van der Waals surface area contributed by atoms with Crippen LogP contribution in [0, 0.1) is 0 Å². The van der Waals surface area contributed by atoms with Gasteiger partial charge in [-0.2, -0.15) is 0 Å². The summed E-state index contributed by atoms with van der Waals surface area (Å²) in [6.45, 7) is 1.99. The second-order valence-corrected chi connectivity index (χ2v) is 6.69. The van der Waals surface area contributed by atoms with Crippen molar-refractivity contribution in [1.29, 1.82) is 0 Å². The predicted octanol–water partition coefficient (Wildman–Crippen LogP) is 4.93. The van der Waals surface area contributed by atoms with E-state index in [4.69, 9.17) is 8.83 Å². The number of fused-ring (bicyclic) bond motifs is 1. The highest BCUT2D eigenvalue weighted by molar-refractivity contribution is 5.77. The predicted molar refractivity (Wildman–Crippen MR) is 97.8 cm³/mol. The third-order valence-corrected chi connectivity index (χ3v) is 4.55. The van der Waals surface area contributed by atoms with Gasteiger partial charge in [-0.25, -0.2) is 4.98 Å². The van der Waals surface area contributed by atoms with Gasteiger partial charge in [0.2, 0.25) is 11.8 Å². The van der Waals surface area contributed by atoms with Crippen molar-refractivity contribution in [2.45, 2.75) is 31.7 Å². The Morgan fingerprint density at radius 1 is 1.04 bits per heavy atom. The summed E-state index contributed by atoms with van der Waals surface area (Å²) in [7, 11) is 0. The summed E-state index contributed by atoms with van der Waals surface area (Å²) in [6, 6.07) is 15.6. The molecule has 1 N–H and O–H groups in total. The number of hydrogen-bond donors (Lipinski definition) is 1. The molecular formula is C20H18N4O2. The van der Waals surface area contributed by atoms with E-state index in [2.05, 4.69) is 20.5 Å². The third-order valence-electron chi connectivity index (χ3n) is 4.55. The molecule has 2 aromatic heterocycles. The SMILES string of the molecule is CC(Nc1ccc2oc(C3CC3)nc2c1)c1nnc(-c2ccccc2)o1. The number of nitrogens with one attached hydrogen (secondary N) is 1. The number of benzene rings is 2. The summed E-state index contributed by atoms with van der Waals surface area (Å²) in [5, 5.41) is 11.7. The van der Waals surface area contributed by atoms with Crippen LogP contribution in [0.3, 0.4) is 0 Å². The molecule has 0 radical (unpaired) electrons. The molecule has 0 spiro atoms. The Bertz CT molecular complexity index is 1050. The molecule has 6 nitrogen and oxygen atoms in total. The lowest BCUT2D eigenvalue weighted by atomic mass is 10.2. The Labute approximate surface area is 150 Å². The molecule has 0 aliphatic heterocycles. The van der Waals surface area contributed by atoms with Crippen LogP contribution in [0.4, 0.5) is 5.69 Å². The van der Waals surface area contributed by atoms with Crippen molar-refractivity contribution in [2.24, 2.45) is 0 Å². The van der Waals surface area contributed by atoms with Crippen molar-refractivity contribution in [2.75, 3.05) is 5.32 Å². The van der Waals surface area contributed by atoms with E-state index < -0.39 is 0 Å². The molecule has 0 bridgehead atoms. The van der Waals surface area contributed by atoms with E-state index in [1.54, 1.807) is 0 Å². The average Bonchev–Trinajstić information content (AvgIpc) is 3.24. The van der Waals surface area contributed by atoms with Crippen molar-refractivity contribution < 1.29 is 8.83 Å².